The lowest BCUT2D eigenvalue weighted by molar-refractivity contribution is -0.220. The van der Waals surface area contributed by atoms with Crippen molar-refractivity contribution in [3.63, 3.8) is 0 Å². The number of aliphatic hydroxyl groups is 5. The second-order valence-electron chi connectivity index (χ2n) is 15.2. The molecule has 13 nitrogen and oxygen atoms in total. The Hall–Kier alpha value is -3.23. The van der Waals surface area contributed by atoms with Gasteiger partial charge >= 0.3 is 19.8 Å². The number of hydrogen-bond acceptors (Lipinski definition) is 12. The highest BCUT2D eigenvalue weighted by Crippen LogP contribution is 2.47. The van der Waals surface area contributed by atoms with E-state index >= 15 is 0 Å². The van der Waals surface area contributed by atoms with E-state index in [2.05, 4.69) is 92.8 Å². The van der Waals surface area contributed by atoms with Crippen molar-refractivity contribution >= 4 is 19.8 Å². The van der Waals surface area contributed by atoms with E-state index in [9.17, 15) is 44.6 Å². The van der Waals surface area contributed by atoms with Gasteiger partial charge in [-0.1, -0.05) is 143 Å². The zero-order chi connectivity index (χ0) is 45.7. The van der Waals surface area contributed by atoms with E-state index in [1.807, 2.05) is 18.2 Å². The van der Waals surface area contributed by atoms with Crippen LogP contribution in [-0.2, 0) is 32.7 Å². The minimum atomic E-state index is -5.14. The maximum absolute atomic E-state index is 12.8. The summed E-state index contributed by atoms with van der Waals surface area (Å²) >= 11 is 0. The van der Waals surface area contributed by atoms with Crippen LogP contribution in [0, 0.1) is 0 Å². The Morgan fingerprint density at radius 3 is 1.47 bits per heavy atom. The lowest BCUT2D eigenvalue weighted by Gasteiger charge is -2.41. The van der Waals surface area contributed by atoms with Crippen molar-refractivity contribution in [2.24, 2.45) is 0 Å². The molecule has 1 aliphatic rings. The number of hydrogen-bond donors (Lipinski definition) is 6. The average Bonchev–Trinajstić information content (AvgIpc) is 3.25. The molecule has 0 aliphatic heterocycles. The molecular formula is C48H77O13P. The van der Waals surface area contributed by atoms with Crippen LogP contribution >= 0.6 is 7.82 Å². The molecule has 0 aromatic carbocycles. The van der Waals surface area contributed by atoms with Crippen molar-refractivity contribution in [2.75, 3.05) is 13.2 Å². The Balaban J connectivity index is 2.54. The number of phosphoric ester groups is 1. The van der Waals surface area contributed by atoms with Crippen LogP contribution in [0.1, 0.15) is 136 Å². The van der Waals surface area contributed by atoms with E-state index in [0.717, 1.165) is 77.0 Å². The summed E-state index contributed by atoms with van der Waals surface area (Å²) in [4.78, 5) is 35.6. The van der Waals surface area contributed by atoms with Crippen molar-refractivity contribution in [2.45, 2.75) is 179 Å². The van der Waals surface area contributed by atoms with Crippen LogP contribution < -0.4 is 0 Å². The van der Waals surface area contributed by atoms with Crippen LogP contribution in [-0.4, -0.2) is 98.3 Å². The van der Waals surface area contributed by atoms with Gasteiger partial charge in [-0.25, -0.2) is 4.57 Å². The number of ether oxygens (including phenoxy) is 2. The molecule has 6 N–H and O–H groups in total. The first kappa shape index (κ1) is 56.8. The third-order valence-electron chi connectivity index (χ3n) is 9.67. The molecule has 0 spiro atoms. The molecule has 1 rings (SSSR count). The fourth-order valence-electron chi connectivity index (χ4n) is 6.03. The number of carbonyl (C=O) groups is 2. The molecule has 0 amide bonds. The fraction of sp³-hybridized carbons (Fsp3) is 0.625. The molecule has 1 fully saturated rings. The van der Waals surface area contributed by atoms with E-state index in [1.54, 1.807) is 0 Å². The molecule has 1 aliphatic carbocycles. The van der Waals surface area contributed by atoms with Gasteiger partial charge in [-0.2, -0.15) is 0 Å². The monoisotopic (exact) mass is 893 g/mol. The summed E-state index contributed by atoms with van der Waals surface area (Å²) in [5.41, 5.74) is 0. The molecule has 14 heteroatoms. The van der Waals surface area contributed by atoms with Gasteiger partial charge in [-0.15, -0.1) is 0 Å². The Morgan fingerprint density at radius 1 is 0.516 bits per heavy atom. The minimum absolute atomic E-state index is 0.0329. The summed E-state index contributed by atoms with van der Waals surface area (Å²) in [7, 11) is -5.14. The van der Waals surface area contributed by atoms with Crippen molar-refractivity contribution < 1.29 is 63.1 Å². The molecule has 0 radical (unpaired) electrons. The van der Waals surface area contributed by atoms with Crippen LogP contribution in [0.3, 0.4) is 0 Å². The number of allylic oxidation sites excluding steroid dienone is 16. The number of esters is 2. The standard InChI is InChI=1S/C48H77O13P/c1-3-5-7-9-11-13-15-17-19-20-21-22-23-25-26-28-30-32-34-36-41(49)58-38-40(39-59-62(56,57)61-48-46(54)44(52)43(51)45(53)47(48)55)60-42(50)37-35-33-31-29-27-24-18-16-14-12-10-8-6-4-2/h5,7,10-13,16-19,21-22,25-26,30,32,40,43-48,51-55H,3-4,6,8-9,14-15,20,23-24,27-29,31,33-39H2,1-2H3,(H,56,57)/b7-5-,12-10-,13-11-,18-16-,19-17-,22-21-,26-25-,32-30-/t40-,43?,44-,45?,46?,47?,48?/m1/s1. The van der Waals surface area contributed by atoms with Gasteiger partial charge in [0.2, 0.25) is 0 Å². The predicted molar refractivity (Wildman–Crippen MR) is 244 cm³/mol. The quantitative estimate of drug-likeness (QED) is 0.0153. The summed E-state index contributed by atoms with van der Waals surface area (Å²) < 4.78 is 33.4. The highest BCUT2D eigenvalue weighted by Gasteiger charge is 2.51. The lowest BCUT2D eigenvalue weighted by atomic mass is 9.85. The molecule has 6 unspecified atom stereocenters. The van der Waals surface area contributed by atoms with Crippen LogP contribution in [0.25, 0.3) is 0 Å². The van der Waals surface area contributed by atoms with Crippen LogP contribution in [0.15, 0.2) is 97.2 Å². The van der Waals surface area contributed by atoms with Gasteiger partial charge in [0.25, 0.3) is 0 Å². The molecule has 0 saturated heterocycles. The van der Waals surface area contributed by atoms with E-state index < -0.39 is 75.7 Å². The molecule has 1 saturated carbocycles. The molecule has 0 bridgehead atoms. The van der Waals surface area contributed by atoms with E-state index in [-0.39, 0.29) is 12.8 Å². The summed E-state index contributed by atoms with van der Waals surface area (Å²) in [6.45, 7) is 3.04. The smallest absolute Gasteiger partial charge is 0.462 e. The third kappa shape index (κ3) is 29.2. The first-order valence-electron chi connectivity index (χ1n) is 22.5. The fourth-order valence-corrected chi connectivity index (χ4v) is 7.01. The molecule has 8 atom stereocenters. The van der Waals surface area contributed by atoms with Gasteiger partial charge in [-0.05, 0) is 77.0 Å². The Kier molecular flexibility index (Phi) is 34.0. The lowest BCUT2D eigenvalue weighted by Crippen LogP contribution is -2.64. The summed E-state index contributed by atoms with van der Waals surface area (Å²) in [6, 6.07) is 0. The van der Waals surface area contributed by atoms with Gasteiger partial charge in [0.1, 0.15) is 43.2 Å². The maximum Gasteiger partial charge on any atom is 0.472 e. The minimum Gasteiger partial charge on any atom is -0.462 e. The highest BCUT2D eigenvalue weighted by molar-refractivity contribution is 7.47. The van der Waals surface area contributed by atoms with Crippen molar-refractivity contribution in [3.05, 3.63) is 97.2 Å². The third-order valence-corrected chi connectivity index (χ3v) is 10.7. The predicted octanol–water partition coefficient (Wildman–Crippen LogP) is 8.66. The normalized spacial score (nSPS) is 22.8. The second-order valence-corrected chi connectivity index (χ2v) is 16.6. The number of phosphoric acid groups is 1. The van der Waals surface area contributed by atoms with Gasteiger partial charge in [0.05, 0.1) is 6.61 Å². The van der Waals surface area contributed by atoms with Crippen molar-refractivity contribution in [1.29, 1.82) is 0 Å². The molecular weight excluding hydrogens is 815 g/mol. The Bertz CT molecular complexity index is 1450. The Labute approximate surface area is 370 Å². The van der Waals surface area contributed by atoms with Gasteiger partial charge in [-0.3, -0.25) is 18.6 Å². The first-order chi connectivity index (χ1) is 29.9. The zero-order valence-electron chi connectivity index (χ0n) is 37.1. The SMILES string of the molecule is CC/C=C\C/C=C\C/C=C\C/C=C\C/C=C\C/C=C\CCC(=O)OC[C@H](COP(=O)(O)OC1C(O)C(O)C(O)[C@@H](O)C1O)OC(=O)CCCCCCC/C=C\C/C=C\CCCC. The van der Waals surface area contributed by atoms with Gasteiger partial charge in [0.15, 0.2) is 6.10 Å². The summed E-state index contributed by atoms with van der Waals surface area (Å²) in [5, 5.41) is 50.1. The zero-order valence-corrected chi connectivity index (χ0v) is 38.0. The number of carbonyl (C=O) groups excluding carboxylic acids is 2. The number of aliphatic hydroxyl groups excluding tert-OH is 5. The van der Waals surface area contributed by atoms with E-state index in [0.29, 0.717) is 19.3 Å². The summed E-state index contributed by atoms with van der Waals surface area (Å²) in [6.07, 6.45) is 36.2. The van der Waals surface area contributed by atoms with Crippen molar-refractivity contribution in [3.8, 4) is 0 Å². The van der Waals surface area contributed by atoms with Gasteiger partial charge < -0.3 is 39.9 Å². The number of rotatable bonds is 35. The molecule has 0 heterocycles. The molecule has 62 heavy (non-hydrogen) atoms. The second kappa shape index (κ2) is 37.2. The van der Waals surface area contributed by atoms with E-state index in [1.165, 1.54) is 12.8 Å². The van der Waals surface area contributed by atoms with Crippen LogP contribution in [0.4, 0.5) is 0 Å². The van der Waals surface area contributed by atoms with Gasteiger partial charge in [0, 0.05) is 12.8 Å². The van der Waals surface area contributed by atoms with Crippen LogP contribution in [0.2, 0.25) is 0 Å². The first-order valence-corrected chi connectivity index (χ1v) is 24.0. The maximum atomic E-state index is 12.8. The molecule has 352 valence electrons. The average molecular weight is 893 g/mol. The molecule has 0 aromatic heterocycles. The summed E-state index contributed by atoms with van der Waals surface area (Å²) in [5.74, 6) is -1.23. The van der Waals surface area contributed by atoms with E-state index in [4.69, 9.17) is 18.5 Å². The Morgan fingerprint density at radius 2 is 0.952 bits per heavy atom. The largest absolute Gasteiger partial charge is 0.472 e. The topological polar surface area (TPSA) is 210 Å². The van der Waals surface area contributed by atoms with Crippen molar-refractivity contribution in [1.82, 2.24) is 0 Å². The highest BCUT2D eigenvalue weighted by atomic mass is 31.2. The van der Waals surface area contributed by atoms with Crippen LogP contribution in [0.5, 0.6) is 0 Å². The molecule has 0 aromatic rings. The number of unbranched alkanes of at least 4 members (excludes halogenated alkanes) is 7.